The van der Waals surface area contributed by atoms with E-state index in [4.69, 9.17) is 0 Å². The summed E-state index contributed by atoms with van der Waals surface area (Å²) in [5.41, 5.74) is 1.88. The average Bonchev–Trinajstić information content (AvgIpc) is 2.78. The molecule has 21 heavy (non-hydrogen) atoms. The van der Waals surface area contributed by atoms with Gasteiger partial charge in [0, 0.05) is 12.6 Å². The number of aromatic hydroxyl groups is 2. The van der Waals surface area contributed by atoms with Gasteiger partial charge in [0.1, 0.15) is 23.1 Å². The molecule has 0 spiro atoms. The van der Waals surface area contributed by atoms with Gasteiger partial charge in [0.25, 0.3) is 0 Å². The summed E-state index contributed by atoms with van der Waals surface area (Å²) in [6.45, 7) is 2.68. The van der Waals surface area contributed by atoms with Crippen LogP contribution in [0.15, 0.2) is 36.4 Å². The number of halogens is 1. The van der Waals surface area contributed by atoms with Gasteiger partial charge >= 0.3 is 0 Å². The van der Waals surface area contributed by atoms with Crippen LogP contribution in [0.4, 0.5) is 4.39 Å². The Morgan fingerprint density at radius 1 is 1.14 bits per heavy atom. The van der Waals surface area contributed by atoms with E-state index in [1.165, 1.54) is 24.3 Å². The molecule has 0 fully saturated rings. The molecule has 4 nitrogen and oxygen atoms in total. The van der Waals surface area contributed by atoms with Gasteiger partial charge in [-0.05, 0) is 36.8 Å². The Kier molecular flexibility index (Phi) is 3.25. The van der Waals surface area contributed by atoms with Crippen LogP contribution >= 0.6 is 0 Å². The molecule has 3 rings (SSSR count). The Bertz CT molecular complexity index is 811. The van der Waals surface area contributed by atoms with E-state index in [1.54, 1.807) is 12.1 Å². The van der Waals surface area contributed by atoms with Crippen LogP contribution in [0.1, 0.15) is 13.3 Å². The number of hydrogen-bond donors (Lipinski definition) is 2. The molecule has 0 aliphatic rings. The smallest absolute Gasteiger partial charge is 0.144 e. The number of phenols is 2. The SMILES string of the molecule is CCCn1c(-c2ccc(O)cc2O)nc2ccc(F)cc21. The number of phenolic OH excluding ortho intramolecular Hbond substituents is 2. The molecule has 0 aliphatic carbocycles. The molecule has 108 valence electrons. The fourth-order valence-electron chi connectivity index (χ4n) is 2.46. The minimum absolute atomic E-state index is 0.0135. The van der Waals surface area contributed by atoms with Crippen LogP contribution in [-0.4, -0.2) is 19.8 Å². The van der Waals surface area contributed by atoms with Crippen LogP contribution in [0.2, 0.25) is 0 Å². The average molecular weight is 286 g/mol. The number of rotatable bonds is 3. The van der Waals surface area contributed by atoms with E-state index in [0.29, 0.717) is 29.0 Å². The maximum atomic E-state index is 13.5. The zero-order chi connectivity index (χ0) is 15.0. The summed E-state index contributed by atoms with van der Waals surface area (Å²) in [6.07, 6.45) is 0.855. The van der Waals surface area contributed by atoms with Crippen molar-refractivity contribution in [3.63, 3.8) is 0 Å². The molecule has 3 aromatic rings. The number of imidazole rings is 1. The highest BCUT2D eigenvalue weighted by Crippen LogP contribution is 2.33. The number of aromatic nitrogens is 2. The molecule has 0 saturated carbocycles. The van der Waals surface area contributed by atoms with E-state index in [0.717, 1.165) is 6.42 Å². The summed E-state index contributed by atoms with van der Waals surface area (Å²) in [5.74, 6) is 0.180. The minimum atomic E-state index is -0.318. The predicted molar refractivity (Wildman–Crippen MR) is 78.7 cm³/mol. The van der Waals surface area contributed by atoms with E-state index in [1.807, 2.05) is 11.5 Å². The lowest BCUT2D eigenvalue weighted by atomic mass is 10.1. The van der Waals surface area contributed by atoms with Gasteiger partial charge in [-0.25, -0.2) is 9.37 Å². The highest BCUT2D eigenvalue weighted by atomic mass is 19.1. The van der Waals surface area contributed by atoms with E-state index in [-0.39, 0.29) is 17.3 Å². The minimum Gasteiger partial charge on any atom is -0.508 e. The molecule has 1 heterocycles. The van der Waals surface area contributed by atoms with Crippen molar-refractivity contribution < 1.29 is 14.6 Å². The van der Waals surface area contributed by atoms with Crippen molar-refractivity contribution in [1.82, 2.24) is 9.55 Å². The molecule has 1 aromatic heterocycles. The lowest BCUT2D eigenvalue weighted by molar-refractivity contribution is 0.451. The first-order valence-corrected chi connectivity index (χ1v) is 6.78. The highest BCUT2D eigenvalue weighted by molar-refractivity contribution is 5.82. The van der Waals surface area contributed by atoms with Crippen molar-refractivity contribution in [2.24, 2.45) is 0 Å². The molecule has 0 amide bonds. The van der Waals surface area contributed by atoms with Crippen molar-refractivity contribution >= 4 is 11.0 Å². The Morgan fingerprint density at radius 3 is 2.67 bits per heavy atom. The maximum Gasteiger partial charge on any atom is 0.144 e. The third-order valence-electron chi connectivity index (χ3n) is 3.38. The monoisotopic (exact) mass is 286 g/mol. The van der Waals surface area contributed by atoms with Crippen LogP contribution in [0.25, 0.3) is 22.4 Å². The number of nitrogens with zero attached hydrogens (tertiary/aromatic N) is 2. The van der Waals surface area contributed by atoms with Gasteiger partial charge < -0.3 is 14.8 Å². The second kappa shape index (κ2) is 5.09. The van der Waals surface area contributed by atoms with Crippen molar-refractivity contribution in [3.8, 4) is 22.9 Å². The zero-order valence-electron chi connectivity index (χ0n) is 11.5. The summed E-state index contributed by atoms with van der Waals surface area (Å²) < 4.78 is 15.4. The van der Waals surface area contributed by atoms with E-state index < -0.39 is 0 Å². The van der Waals surface area contributed by atoms with Gasteiger partial charge in [-0.3, -0.25) is 0 Å². The lowest BCUT2D eigenvalue weighted by Gasteiger charge is -2.09. The molecular weight excluding hydrogens is 271 g/mol. The molecule has 0 unspecified atom stereocenters. The number of aryl methyl sites for hydroxylation is 1. The van der Waals surface area contributed by atoms with Crippen molar-refractivity contribution in [1.29, 1.82) is 0 Å². The molecule has 0 bridgehead atoms. The molecule has 2 N–H and O–H groups in total. The Hall–Kier alpha value is -2.56. The number of benzene rings is 2. The zero-order valence-corrected chi connectivity index (χ0v) is 11.5. The number of fused-ring (bicyclic) bond motifs is 1. The quantitative estimate of drug-likeness (QED) is 0.772. The molecular formula is C16H15FN2O2. The molecule has 0 atom stereocenters. The van der Waals surface area contributed by atoms with Crippen LogP contribution in [0.5, 0.6) is 11.5 Å². The fraction of sp³-hybridized carbons (Fsp3) is 0.188. The second-order valence-corrected chi connectivity index (χ2v) is 4.92. The van der Waals surface area contributed by atoms with Crippen molar-refractivity contribution in [2.45, 2.75) is 19.9 Å². The third-order valence-corrected chi connectivity index (χ3v) is 3.38. The first kappa shape index (κ1) is 13.4. The van der Waals surface area contributed by atoms with Gasteiger partial charge in [0.2, 0.25) is 0 Å². The third kappa shape index (κ3) is 2.31. The van der Waals surface area contributed by atoms with Crippen LogP contribution in [-0.2, 0) is 6.54 Å². The molecule has 5 heteroatoms. The summed E-state index contributed by atoms with van der Waals surface area (Å²) in [7, 11) is 0. The van der Waals surface area contributed by atoms with Gasteiger partial charge in [0.05, 0.1) is 16.6 Å². The van der Waals surface area contributed by atoms with Gasteiger partial charge in [0.15, 0.2) is 0 Å². The predicted octanol–water partition coefficient (Wildman–Crippen LogP) is 3.66. The fourth-order valence-corrected chi connectivity index (χ4v) is 2.46. The Labute approximate surface area is 121 Å². The van der Waals surface area contributed by atoms with E-state index in [9.17, 15) is 14.6 Å². The van der Waals surface area contributed by atoms with Crippen LogP contribution in [0.3, 0.4) is 0 Å². The lowest BCUT2D eigenvalue weighted by Crippen LogP contribution is -2.00. The highest BCUT2D eigenvalue weighted by Gasteiger charge is 2.16. The van der Waals surface area contributed by atoms with Crippen LogP contribution < -0.4 is 0 Å². The largest absolute Gasteiger partial charge is 0.508 e. The van der Waals surface area contributed by atoms with Gasteiger partial charge in [-0.15, -0.1) is 0 Å². The normalized spacial score (nSPS) is 11.1. The number of hydrogen-bond acceptors (Lipinski definition) is 3. The molecule has 0 saturated heterocycles. The molecule has 0 aliphatic heterocycles. The molecule has 2 aromatic carbocycles. The Balaban J connectivity index is 2.28. The van der Waals surface area contributed by atoms with Gasteiger partial charge in [-0.1, -0.05) is 6.92 Å². The van der Waals surface area contributed by atoms with E-state index in [2.05, 4.69) is 4.98 Å². The van der Waals surface area contributed by atoms with E-state index >= 15 is 0 Å². The first-order chi connectivity index (χ1) is 10.1. The standard InChI is InChI=1S/C16H15FN2O2/c1-2-7-19-14-8-10(17)3-6-13(14)18-16(19)12-5-4-11(20)9-15(12)21/h3-6,8-9,20-21H,2,7H2,1H3. The second-order valence-electron chi connectivity index (χ2n) is 4.92. The van der Waals surface area contributed by atoms with Crippen molar-refractivity contribution in [2.75, 3.05) is 0 Å². The topological polar surface area (TPSA) is 58.3 Å². The van der Waals surface area contributed by atoms with Gasteiger partial charge in [-0.2, -0.15) is 0 Å². The van der Waals surface area contributed by atoms with Crippen molar-refractivity contribution in [3.05, 3.63) is 42.2 Å². The first-order valence-electron chi connectivity index (χ1n) is 6.78. The Morgan fingerprint density at radius 2 is 1.95 bits per heavy atom. The molecule has 0 radical (unpaired) electrons. The maximum absolute atomic E-state index is 13.5. The summed E-state index contributed by atoms with van der Waals surface area (Å²) >= 11 is 0. The summed E-state index contributed by atoms with van der Waals surface area (Å²) in [6, 6.07) is 8.80. The van der Waals surface area contributed by atoms with Crippen LogP contribution in [0, 0.1) is 5.82 Å². The summed E-state index contributed by atoms with van der Waals surface area (Å²) in [4.78, 5) is 4.49. The summed E-state index contributed by atoms with van der Waals surface area (Å²) in [5, 5.41) is 19.4.